The molecule has 2 atom stereocenters. The molecule has 0 aliphatic carbocycles. The molecule has 0 bridgehead atoms. The third kappa shape index (κ3) is 4.36. The molecule has 1 aliphatic rings. The molecule has 190 valence electrons. The summed E-state index contributed by atoms with van der Waals surface area (Å²) >= 11 is 0. The molecule has 0 unspecified atom stereocenters. The fourth-order valence-electron chi connectivity index (χ4n) is 5.13. The summed E-state index contributed by atoms with van der Waals surface area (Å²) < 4.78 is 11.7. The van der Waals surface area contributed by atoms with E-state index >= 15 is 0 Å². The largest absolute Gasteiger partial charge is 0.489 e. The number of aryl methyl sites for hydroxylation is 1. The first-order valence-corrected chi connectivity index (χ1v) is 11.8. The number of furan rings is 1. The third-order valence-electron chi connectivity index (χ3n) is 6.93. The van der Waals surface area contributed by atoms with Gasteiger partial charge in [0.05, 0.1) is 5.56 Å². The van der Waals surface area contributed by atoms with E-state index in [9.17, 15) is 19.5 Å². The zero-order chi connectivity index (χ0) is 26.3. The maximum absolute atomic E-state index is 13.4. The summed E-state index contributed by atoms with van der Waals surface area (Å²) in [5, 5.41) is 13.3. The number of hydrogen-bond acceptors (Lipinski definition) is 5. The van der Waals surface area contributed by atoms with Crippen molar-refractivity contribution < 1.29 is 28.6 Å². The highest BCUT2D eigenvalue weighted by atomic mass is 16.5. The van der Waals surface area contributed by atoms with Crippen molar-refractivity contribution in [3.63, 3.8) is 0 Å². The van der Waals surface area contributed by atoms with E-state index in [0.29, 0.717) is 34.6 Å². The number of carbonyl (C=O) groups is 3. The number of carbonyl (C=O) groups excluding carboxylic acids is 2. The van der Waals surface area contributed by atoms with E-state index < -0.39 is 34.9 Å². The molecule has 3 amide bonds. The van der Waals surface area contributed by atoms with E-state index in [4.69, 9.17) is 14.9 Å². The van der Waals surface area contributed by atoms with Crippen molar-refractivity contribution in [2.75, 3.05) is 6.54 Å². The summed E-state index contributed by atoms with van der Waals surface area (Å²) in [6, 6.07) is 14.4. The van der Waals surface area contributed by atoms with Crippen molar-refractivity contribution in [1.82, 2.24) is 10.2 Å². The predicted octanol–water partition coefficient (Wildman–Crippen LogP) is 4.07. The van der Waals surface area contributed by atoms with Crippen molar-refractivity contribution >= 4 is 28.9 Å². The fourth-order valence-corrected chi connectivity index (χ4v) is 5.13. The predicted molar refractivity (Wildman–Crippen MR) is 134 cm³/mol. The number of fused-ring (bicyclic) bond motifs is 1. The molecule has 0 saturated carbocycles. The van der Waals surface area contributed by atoms with Crippen molar-refractivity contribution in [2.24, 2.45) is 11.1 Å². The van der Waals surface area contributed by atoms with Gasteiger partial charge in [-0.15, -0.1) is 0 Å². The lowest BCUT2D eigenvalue weighted by Crippen LogP contribution is -2.63. The molecule has 0 spiro atoms. The Labute approximate surface area is 209 Å². The molecule has 9 nitrogen and oxygen atoms in total. The number of rotatable bonds is 6. The molecule has 36 heavy (non-hydrogen) atoms. The molecular formula is C27H31N3O6. The highest BCUT2D eigenvalue weighted by Gasteiger charge is 2.59. The van der Waals surface area contributed by atoms with Crippen LogP contribution < -0.4 is 15.8 Å². The van der Waals surface area contributed by atoms with E-state index in [-0.39, 0.29) is 13.0 Å². The Kier molecular flexibility index (Phi) is 6.43. The Morgan fingerprint density at radius 2 is 1.89 bits per heavy atom. The summed E-state index contributed by atoms with van der Waals surface area (Å²) in [6.07, 6.45) is -1.19. The van der Waals surface area contributed by atoms with Gasteiger partial charge in [-0.2, -0.15) is 0 Å². The van der Waals surface area contributed by atoms with E-state index in [1.165, 1.54) is 0 Å². The molecule has 1 saturated heterocycles. The monoisotopic (exact) mass is 493 g/mol. The van der Waals surface area contributed by atoms with Gasteiger partial charge in [-0.25, -0.2) is 4.79 Å². The first-order chi connectivity index (χ1) is 16.9. The molecule has 4 N–H and O–H groups in total. The van der Waals surface area contributed by atoms with Crippen LogP contribution in [0.4, 0.5) is 4.79 Å². The van der Waals surface area contributed by atoms with Crippen LogP contribution in [-0.2, 0) is 11.4 Å². The second-order valence-corrected chi connectivity index (χ2v) is 10.2. The average Bonchev–Trinajstić information content (AvgIpc) is 3.36. The van der Waals surface area contributed by atoms with Gasteiger partial charge in [0.15, 0.2) is 0 Å². The molecule has 4 rings (SSSR count). The lowest BCUT2D eigenvalue weighted by Gasteiger charge is -2.44. The standard InChI is InChI=1S/C27H31N3O6/c1-16-22(20-12-19(10-11-21(20)36-16)35-15-17-8-6-5-7-9-17)23(31)29-18-13-27(24(28)32,26(2,3)4)30(14-18)25(33)34/h5-12,18H,13-15H2,1-4H3,(H2,28,32)(H,29,31)(H,33,34)/t18-,27-/m1/s1. The number of nitrogens with two attached hydrogens (primary N) is 1. The summed E-state index contributed by atoms with van der Waals surface area (Å²) in [4.78, 5) is 39.0. The molecule has 1 aromatic heterocycles. The summed E-state index contributed by atoms with van der Waals surface area (Å²) in [5.41, 5.74) is 5.38. The average molecular weight is 494 g/mol. The number of primary amides is 1. The SMILES string of the molecule is Cc1oc2ccc(OCc3ccccc3)cc2c1C(=O)N[C@H]1CN(C(=O)O)[C@](C(N)=O)(C(C)(C)C)C1. The van der Waals surface area contributed by atoms with E-state index in [0.717, 1.165) is 10.5 Å². The molecule has 0 radical (unpaired) electrons. The van der Waals surface area contributed by atoms with Crippen molar-refractivity contribution in [2.45, 2.75) is 52.3 Å². The maximum Gasteiger partial charge on any atom is 0.408 e. The molecule has 2 aromatic carbocycles. The third-order valence-corrected chi connectivity index (χ3v) is 6.93. The number of ether oxygens (including phenoxy) is 1. The minimum Gasteiger partial charge on any atom is -0.489 e. The van der Waals surface area contributed by atoms with Crippen LogP contribution in [0.25, 0.3) is 11.0 Å². The molecule has 3 aromatic rings. The minimum absolute atomic E-state index is 0.0540. The first kappa shape index (κ1) is 25.1. The Bertz CT molecular complexity index is 1310. The van der Waals surface area contributed by atoms with Crippen LogP contribution in [0.5, 0.6) is 5.75 Å². The van der Waals surface area contributed by atoms with Crippen molar-refractivity contribution in [3.8, 4) is 5.75 Å². The van der Waals surface area contributed by atoms with Gasteiger partial charge in [0, 0.05) is 24.4 Å². The van der Waals surface area contributed by atoms with Crippen LogP contribution in [0.1, 0.15) is 48.9 Å². The van der Waals surface area contributed by atoms with Gasteiger partial charge >= 0.3 is 6.09 Å². The number of nitrogens with one attached hydrogen (secondary N) is 1. The Hall–Kier alpha value is -4.01. The topological polar surface area (TPSA) is 135 Å². The number of benzene rings is 2. The van der Waals surface area contributed by atoms with Crippen LogP contribution in [0.3, 0.4) is 0 Å². The van der Waals surface area contributed by atoms with E-state index in [1.807, 2.05) is 30.3 Å². The highest BCUT2D eigenvalue weighted by molar-refractivity contribution is 6.07. The zero-order valence-electron chi connectivity index (χ0n) is 20.8. The van der Waals surface area contributed by atoms with Gasteiger partial charge in [-0.1, -0.05) is 51.1 Å². The molecular weight excluding hydrogens is 462 g/mol. The van der Waals surface area contributed by atoms with Gasteiger partial charge in [-0.05, 0) is 36.1 Å². The van der Waals surface area contributed by atoms with Crippen LogP contribution in [-0.4, -0.2) is 46.0 Å². The van der Waals surface area contributed by atoms with Crippen LogP contribution in [0.15, 0.2) is 52.9 Å². The summed E-state index contributed by atoms with van der Waals surface area (Å²) in [6.45, 7) is 7.32. The Morgan fingerprint density at radius 1 is 1.19 bits per heavy atom. The van der Waals surface area contributed by atoms with E-state index in [1.54, 1.807) is 45.9 Å². The van der Waals surface area contributed by atoms with Crippen molar-refractivity contribution in [3.05, 3.63) is 65.4 Å². The lowest BCUT2D eigenvalue weighted by molar-refractivity contribution is -0.134. The van der Waals surface area contributed by atoms with Gasteiger partial charge in [0.2, 0.25) is 5.91 Å². The fraction of sp³-hybridized carbons (Fsp3) is 0.370. The van der Waals surface area contributed by atoms with Crippen LogP contribution in [0, 0.1) is 12.3 Å². The Balaban J connectivity index is 1.59. The lowest BCUT2D eigenvalue weighted by atomic mass is 9.71. The zero-order valence-corrected chi connectivity index (χ0v) is 20.8. The molecule has 2 heterocycles. The maximum atomic E-state index is 13.4. The smallest absolute Gasteiger partial charge is 0.408 e. The second-order valence-electron chi connectivity index (χ2n) is 10.2. The summed E-state index contributed by atoms with van der Waals surface area (Å²) in [7, 11) is 0. The number of hydrogen-bond donors (Lipinski definition) is 3. The molecule has 1 aliphatic heterocycles. The highest BCUT2D eigenvalue weighted by Crippen LogP contribution is 2.44. The van der Waals surface area contributed by atoms with Crippen LogP contribution in [0.2, 0.25) is 0 Å². The first-order valence-electron chi connectivity index (χ1n) is 11.8. The van der Waals surface area contributed by atoms with Gasteiger partial charge < -0.3 is 25.3 Å². The van der Waals surface area contributed by atoms with Crippen molar-refractivity contribution in [1.29, 1.82) is 0 Å². The molecule has 1 fully saturated rings. The number of likely N-dealkylation sites (tertiary alicyclic amines) is 1. The van der Waals surface area contributed by atoms with Gasteiger partial charge in [-0.3, -0.25) is 14.5 Å². The number of carboxylic acid groups (broad SMARTS) is 1. The number of amides is 3. The van der Waals surface area contributed by atoms with Gasteiger partial charge in [0.1, 0.15) is 29.2 Å². The molecule has 9 heteroatoms. The number of nitrogens with zero attached hydrogens (tertiary/aromatic N) is 1. The van der Waals surface area contributed by atoms with Gasteiger partial charge in [0.25, 0.3) is 5.91 Å². The van der Waals surface area contributed by atoms with Crippen LogP contribution >= 0.6 is 0 Å². The normalized spacial score (nSPS) is 19.9. The minimum atomic E-state index is -1.46. The summed E-state index contributed by atoms with van der Waals surface area (Å²) in [5.74, 6) is -0.150. The van der Waals surface area contributed by atoms with E-state index in [2.05, 4.69) is 5.32 Å². The second kappa shape index (κ2) is 9.22. The quantitative estimate of drug-likeness (QED) is 0.474. The Morgan fingerprint density at radius 3 is 2.47 bits per heavy atom.